The molecule has 0 aliphatic carbocycles. The van der Waals surface area contributed by atoms with Gasteiger partial charge >= 0.3 is 0 Å². The Labute approximate surface area is 196 Å². The molecule has 0 bridgehead atoms. The maximum absolute atomic E-state index is 13.2. The van der Waals surface area contributed by atoms with Gasteiger partial charge in [0.25, 0.3) is 0 Å². The van der Waals surface area contributed by atoms with Gasteiger partial charge in [-0.3, -0.25) is 4.79 Å². The monoisotopic (exact) mass is 460 g/mol. The fourth-order valence-corrected chi connectivity index (χ4v) is 5.78. The SMILES string of the molecule is O=C(CC(c1ccccc1)c1ccccc1)N1CCN(c2nnc(-c3cccs3)s2)CC1. The van der Waals surface area contributed by atoms with E-state index in [9.17, 15) is 4.79 Å². The molecule has 0 unspecified atom stereocenters. The molecule has 0 saturated carbocycles. The number of aromatic nitrogens is 2. The van der Waals surface area contributed by atoms with Gasteiger partial charge in [0.15, 0.2) is 5.01 Å². The highest BCUT2D eigenvalue weighted by atomic mass is 32.1. The first-order valence-corrected chi connectivity index (χ1v) is 12.5. The van der Waals surface area contributed by atoms with E-state index in [0.29, 0.717) is 19.5 Å². The van der Waals surface area contributed by atoms with Gasteiger partial charge in [0.1, 0.15) is 0 Å². The van der Waals surface area contributed by atoms with Crippen molar-refractivity contribution in [3.05, 3.63) is 89.3 Å². The molecule has 162 valence electrons. The summed E-state index contributed by atoms with van der Waals surface area (Å²) in [7, 11) is 0. The van der Waals surface area contributed by atoms with Gasteiger partial charge in [0.05, 0.1) is 4.88 Å². The first-order valence-electron chi connectivity index (χ1n) is 10.8. The maximum Gasteiger partial charge on any atom is 0.223 e. The maximum atomic E-state index is 13.2. The summed E-state index contributed by atoms with van der Waals surface area (Å²) in [6.45, 7) is 2.99. The Hall–Kier alpha value is -3.03. The summed E-state index contributed by atoms with van der Waals surface area (Å²) in [5, 5.41) is 12.7. The molecule has 5 nitrogen and oxygen atoms in total. The average Bonchev–Trinajstić information content (AvgIpc) is 3.56. The lowest BCUT2D eigenvalue weighted by molar-refractivity contribution is -0.131. The van der Waals surface area contributed by atoms with Crippen molar-refractivity contribution < 1.29 is 4.79 Å². The normalized spacial score (nSPS) is 14.2. The molecule has 0 atom stereocenters. The highest BCUT2D eigenvalue weighted by molar-refractivity contribution is 7.22. The van der Waals surface area contributed by atoms with Crippen molar-refractivity contribution in [2.45, 2.75) is 12.3 Å². The minimum absolute atomic E-state index is 0.0689. The Balaban J connectivity index is 1.24. The number of anilines is 1. The van der Waals surface area contributed by atoms with Gasteiger partial charge in [-0.2, -0.15) is 0 Å². The van der Waals surface area contributed by atoms with Crippen LogP contribution in [0, 0.1) is 0 Å². The number of amides is 1. The van der Waals surface area contributed by atoms with Crippen LogP contribution >= 0.6 is 22.7 Å². The predicted molar refractivity (Wildman–Crippen MR) is 131 cm³/mol. The molecule has 0 N–H and O–H groups in total. The van der Waals surface area contributed by atoms with Crippen molar-refractivity contribution >= 4 is 33.7 Å². The fourth-order valence-electron chi connectivity index (χ4n) is 4.09. The second-order valence-corrected chi connectivity index (χ2v) is 9.72. The number of piperazine rings is 1. The Morgan fingerprint density at radius 1 is 0.844 bits per heavy atom. The van der Waals surface area contributed by atoms with E-state index in [0.717, 1.165) is 28.1 Å². The minimum atomic E-state index is 0.0689. The van der Waals surface area contributed by atoms with Crippen LogP contribution in [0.15, 0.2) is 78.2 Å². The second-order valence-electron chi connectivity index (χ2n) is 7.81. The largest absolute Gasteiger partial charge is 0.343 e. The molecule has 0 spiro atoms. The smallest absolute Gasteiger partial charge is 0.223 e. The standard InChI is InChI=1S/C25H24N4OS2/c30-23(18-21(19-8-3-1-4-9-19)20-10-5-2-6-11-20)28-13-15-29(16-14-28)25-27-26-24(32-25)22-12-7-17-31-22/h1-12,17,21H,13-16,18H2. The molecule has 7 heteroatoms. The van der Waals surface area contributed by atoms with Crippen molar-refractivity contribution in [3.63, 3.8) is 0 Å². The third kappa shape index (κ3) is 4.59. The van der Waals surface area contributed by atoms with Gasteiger partial charge in [-0.15, -0.1) is 21.5 Å². The van der Waals surface area contributed by atoms with Gasteiger partial charge in [-0.05, 0) is 22.6 Å². The molecule has 0 radical (unpaired) electrons. The van der Waals surface area contributed by atoms with Gasteiger partial charge in [-0.1, -0.05) is 78.1 Å². The number of hydrogen-bond acceptors (Lipinski definition) is 6. The van der Waals surface area contributed by atoms with Crippen LogP contribution in [0.3, 0.4) is 0 Å². The van der Waals surface area contributed by atoms with Crippen LogP contribution in [-0.2, 0) is 4.79 Å². The Morgan fingerprint density at radius 3 is 2.09 bits per heavy atom. The van der Waals surface area contributed by atoms with Crippen molar-refractivity contribution in [1.82, 2.24) is 15.1 Å². The zero-order valence-corrected chi connectivity index (χ0v) is 19.3. The molecule has 2 aromatic heterocycles. The Bertz CT molecular complexity index is 1100. The highest BCUT2D eigenvalue weighted by Gasteiger charge is 2.26. The van der Waals surface area contributed by atoms with Crippen molar-refractivity contribution in [2.24, 2.45) is 0 Å². The van der Waals surface area contributed by atoms with E-state index in [2.05, 4.69) is 50.8 Å². The molecular formula is C25H24N4OS2. The summed E-state index contributed by atoms with van der Waals surface area (Å²) in [4.78, 5) is 18.6. The Morgan fingerprint density at radius 2 is 1.50 bits per heavy atom. The van der Waals surface area contributed by atoms with E-state index < -0.39 is 0 Å². The summed E-state index contributed by atoms with van der Waals surface area (Å²) in [5.41, 5.74) is 2.36. The lowest BCUT2D eigenvalue weighted by Gasteiger charge is -2.35. The third-order valence-electron chi connectivity index (χ3n) is 5.83. The molecule has 2 aromatic carbocycles. The zero-order chi connectivity index (χ0) is 21.8. The van der Waals surface area contributed by atoms with E-state index in [1.807, 2.05) is 47.4 Å². The highest BCUT2D eigenvalue weighted by Crippen LogP contribution is 2.32. The summed E-state index contributed by atoms with van der Waals surface area (Å²) in [6.07, 6.45) is 0.482. The number of carbonyl (C=O) groups excluding carboxylic acids is 1. The number of hydrogen-bond donors (Lipinski definition) is 0. The van der Waals surface area contributed by atoms with Gasteiger partial charge in [0, 0.05) is 38.5 Å². The Kier molecular flexibility index (Phi) is 6.27. The van der Waals surface area contributed by atoms with Crippen LogP contribution < -0.4 is 4.90 Å². The molecule has 32 heavy (non-hydrogen) atoms. The summed E-state index contributed by atoms with van der Waals surface area (Å²) in [5.74, 6) is 0.276. The first kappa shape index (κ1) is 20.8. The molecular weight excluding hydrogens is 436 g/mol. The molecule has 1 aliphatic heterocycles. The molecule has 3 heterocycles. The lowest BCUT2D eigenvalue weighted by atomic mass is 9.88. The second kappa shape index (κ2) is 9.63. The number of nitrogens with zero attached hydrogens (tertiary/aromatic N) is 4. The topological polar surface area (TPSA) is 49.3 Å². The van der Waals surface area contributed by atoms with Crippen LogP contribution in [0.5, 0.6) is 0 Å². The number of thiophene rings is 1. The minimum Gasteiger partial charge on any atom is -0.343 e. The third-order valence-corrected chi connectivity index (χ3v) is 7.85. The first-order chi connectivity index (χ1) is 15.8. The summed E-state index contributed by atoms with van der Waals surface area (Å²) >= 11 is 3.30. The average molecular weight is 461 g/mol. The van der Waals surface area contributed by atoms with E-state index in [-0.39, 0.29) is 11.8 Å². The molecule has 1 amide bonds. The van der Waals surface area contributed by atoms with Crippen molar-refractivity contribution in [3.8, 4) is 9.88 Å². The zero-order valence-electron chi connectivity index (χ0n) is 17.6. The predicted octanol–water partition coefficient (Wildman–Crippen LogP) is 5.14. The molecule has 1 aliphatic rings. The van der Waals surface area contributed by atoms with Crippen LogP contribution in [0.25, 0.3) is 9.88 Å². The summed E-state index contributed by atoms with van der Waals surface area (Å²) < 4.78 is 0. The van der Waals surface area contributed by atoms with Crippen LogP contribution in [0.2, 0.25) is 0 Å². The van der Waals surface area contributed by atoms with Crippen LogP contribution in [0.1, 0.15) is 23.5 Å². The van der Waals surface area contributed by atoms with Crippen LogP contribution in [-0.4, -0.2) is 47.2 Å². The van der Waals surface area contributed by atoms with Crippen molar-refractivity contribution in [2.75, 3.05) is 31.1 Å². The molecule has 5 rings (SSSR count). The van der Waals surface area contributed by atoms with Gasteiger partial charge < -0.3 is 9.80 Å². The van der Waals surface area contributed by atoms with Gasteiger partial charge in [0.2, 0.25) is 11.0 Å². The molecule has 4 aromatic rings. The number of carbonyl (C=O) groups is 1. The van der Waals surface area contributed by atoms with Crippen LogP contribution in [0.4, 0.5) is 5.13 Å². The summed E-state index contributed by atoms with van der Waals surface area (Å²) in [6, 6.07) is 24.8. The lowest BCUT2D eigenvalue weighted by Crippen LogP contribution is -2.49. The number of rotatable bonds is 6. The fraction of sp³-hybridized carbons (Fsp3) is 0.240. The molecule has 1 fully saturated rings. The quantitative estimate of drug-likeness (QED) is 0.400. The van der Waals surface area contributed by atoms with Gasteiger partial charge in [-0.25, -0.2) is 0 Å². The van der Waals surface area contributed by atoms with Crippen molar-refractivity contribution in [1.29, 1.82) is 0 Å². The van der Waals surface area contributed by atoms with E-state index in [4.69, 9.17) is 0 Å². The van der Waals surface area contributed by atoms with E-state index in [1.165, 1.54) is 11.1 Å². The number of benzene rings is 2. The van der Waals surface area contributed by atoms with E-state index in [1.54, 1.807) is 22.7 Å². The molecule has 1 saturated heterocycles. The van der Waals surface area contributed by atoms with E-state index >= 15 is 0 Å².